The van der Waals surface area contributed by atoms with Crippen LogP contribution in [0.25, 0.3) is 0 Å². The lowest BCUT2D eigenvalue weighted by atomic mass is 10.0. The van der Waals surface area contributed by atoms with E-state index < -0.39 is 0 Å². The average Bonchev–Trinajstić information content (AvgIpc) is 2.31. The summed E-state index contributed by atoms with van der Waals surface area (Å²) in [5.41, 5.74) is 1.58. The lowest BCUT2D eigenvalue weighted by Gasteiger charge is -2.42. The Bertz CT molecular complexity index is 471. The first-order valence-corrected chi connectivity index (χ1v) is 6.87. The van der Waals surface area contributed by atoms with Crippen LogP contribution >= 0.6 is 15.9 Å². The summed E-state index contributed by atoms with van der Waals surface area (Å²) < 4.78 is 6.47. The lowest BCUT2D eigenvalue weighted by Crippen LogP contribution is -2.55. The predicted octanol–water partition coefficient (Wildman–Crippen LogP) is 3.01. The van der Waals surface area contributed by atoms with Gasteiger partial charge in [-0.2, -0.15) is 0 Å². The fourth-order valence-corrected chi connectivity index (χ4v) is 2.41. The molecule has 0 N–H and O–H groups in total. The van der Waals surface area contributed by atoms with Crippen molar-refractivity contribution in [2.75, 3.05) is 19.8 Å². The Morgan fingerprint density at radius 1 is 1.44 bits per heavy atom. The molecular weight excluding hydrogens is 294 g/mol. The van der Waals surface area contributed by atoms with E-state index in [2.05, 4.69) is 15.9 Å². The third-order valence-electron chi connectivity index (χ3n) is 3.30. The molecule has 0 saturated carbocycles. The molecule has 1 aromatic carbocycles. The fourth-order valence-electron chi connectivity index (χ4n) is 2.17. The van der Waals surface area contributed by atoms with Gasteiger partial charge in [0.05, 0.1) is 18.8 Å². The number of morpholine rings is 1. The topological polar surface area (TPSA) is 29.5 Å². The summed E-state index contributed by atoms with van der Waals surface area (Å²) >= 11 is 3.45. The SMILES string of the molecule is Cc1cc(C(=O)N2CCOCC2(C)C)ccc1Br. The van der Waals surface area contributed by atoms with Gasteiger partial charge in [0.15, 0.2) is 0 Å². The molecule has 0 bridgehead atoms. The molecule has 1 heterocycles. The fraction of sp³-hybridized carbons (Fsp3) is 0.500. The van der Waals surface area contributed by atoms with E-state index in [1.165, 1.54) is 0 Å². The van der Waals surface area contributed by atoms with Gasteiger partial charge < -0.3 is 9.64 Å². The predicted molar refractivity (Wildman–Crippen MR) is 74.8 cm³/mol. The summed E-state index contributed by atoms with van der Waals surface area (Å²) in [5.74, 6) is 0.0823. The third kappa shape index (κ3) is 2.59. The normalized spacial score (nSPS) is 18.8. The molecule has 2 rings (SSSR count). The summed E-state index contributed by atoms with van der Waals surface area (Å²) in [5, 5.41) is 0. The summed E-state index contributed by atoms with van der Waals surface area (Å²) in [6.45, 7) is 7.93. The molecule has 1 amide bonds. The number of nitrogens with zero attached hydrogens (tertiary/aromatic N) is 1. The highest BCUT2D eigenvalue weighted by molar-refractivity contribution is 9.10. The van der Waals surface area contributed by atoms with Crippen LogP contribution in [0.2, 0.25) is 0 Å². The van der Waals surface area contributed by atoms with Gasteiger partial charge in [-0.25, -0.2) is 0 Å². The first-order valence-electron chi connectivity index (χ1n) is 6.08. The second kappa shape index (κ2) is 5.02. The largest absolute Gasteiger partial charge is 0.377 e. The molecule has 4 heteroatoms. The monoisotopic (exact) mass is 311 g/mol. The maximum Gasteiger partial charge on any atom is 0.254 e. The Balaban J connectivity index is 2.27. The molecular formula is C14H18BrNO2. The van der Waals surface area contributed by atoms with Crippen molar-refractivity contribution in [3.05, 3.63) is 33.8 Å². The smallest absolute Gasteiger partial charge is 0.254 e. The number of carbonyl (C=O) groups is 1. The lowest BCUT2D eigenvalue weighted by molar-refractivity contribution is -0.0370. The molecule has 1 saturated heterocycles. The maximum atomic E-state index is 12.5. The van der Waals surface area contributed by atoms with Crippen LogP contribution in [-0.2, 0) is 4.74 Å². The highest BCUT2D eigenvalue weighted by atomic mass is 79.9. The average molecular weight is 312 g/mol. The van der Waals surface area contributed by atoms with E-state index in [4.69, 9.17) is 4.74 Å². The summed E-state index contributed by atoms with van der Waals surface area (Å²) in [6.07, 6.45) is 0. The summed E-state index contributed by atoms with van der Waals surface area (Å²) in [4.78, 5) is 14.4. The quantitative estimate of drug-likeness (QED) is 0.798. The van der Waals surface area contributed by atoms with Crippen LogP contribution in [-0.4, -0.2) is 36.1 Å². The zero-order valence-corrected chi connectivity index (χ0v) is 12.6. The molecule has 0 unspecified atom stereocenters. The molecule has 1 fully saturated rings. The standard InChI is InChI=1S/C14H18BrNO2/c1-10-8-11(4-5-12(10)15)13(17)16-6-7-18-9-14(16,2)3/h4-5,8H,6-7,9H2,1-3H3. The number of ether oxygens (including phenoxy) is 1. The van der Waals surface area contributed by atoms with Gasteiger partial charge in [0.1, 0.15) is 0 Å². The first-order chi connectivity index (χ1) is 8.42. The number of carbonyl (C=O) groups excluding carboxylic acids is 1. The minimum absolute atomic E-state index is 0.0823. The highest BCUT2D eigenvalue weighted by Gasteiger charge is 2.34. The zero-order valence-electron chi connectivity index (χ0n) is 11.0. The zero-order chi connectivity index (χ0) is 13.3. The van der Waals surface area contributed by atoms with Gasteiger partial charge in [0.25, 0.3) is 5.91 Å². The van der Waals surface area contributed by atoms with Gasteiger partial charge in [-0.1, -0.05) is 15.9 Å². The van der Waals surface area contributed by atoms with Gasteiger partial charge >= 0.3 is 0 Å². The van der Waals surface area contributed by atoms with Gasteiger partial charge in [-0.3, -0.25) is 4.79 Å². The van der Waals surface area contributed by atoms with E-state index in [0.29, 0.717) is 19.8 Å². The number of aryl methyl sites for hydroxylation is 1. The molecule has 1 aromatic rings. The number of rotatable bonds is 1. The van der Waals surface area contributed by atoms with Gasteiger partial charge in [-0.15, -0.1) is 0 Å². The molecule has 0 radical (unpaired) electrons. The van der Waals surface area contributed by atoms with Gasteiger partial charge in [0, 0.05) is 16.6 Å². The van der Waals surface area contributed by atoms with E-state index in [0.717, 1.165) is 15.6 Å². The molecule has 3 nitrogen and oxygen atoms in total. The Morgan fingerprint density at radius 3 is 2.78 bits per heavy atom. The van der Waals surface area contributed by atoms with Crippen molar-refractivity contribution in [2.45, 2.75) is 26.3 Å². The molecule has 1 aliphatic rings. The van der Waals surface area contributed by atoms with E-state index in [9.17, 15) is 4.79 Å². The van der Waals surface area contributed by atoms with Gasteiger partial charge in [0.2, 0.25) is 0 Å². The van der Waals surface area contributed by atoms with Crippen LogP contribution < -0.4 is 0 Å². The van der Waals surface area contributed by atoms with Gasteiger partial charge in [-0.05, 0) is 44.5 Å². The third-order valence-corrected chi connectivity index (χ3v) is 4.19. The second-order valence-electron chi connectivity index (χ2n) is 5.29. The highest BCUT2D eigenvalue weighted by Crippen LogP contribution is 2.23. The Morgan fingerprint density at radius 2 is 2.17 bits per heavy atom. The van der Waals surface area contributed by atoms with Crippen molar-refractivity contribution in [1.29, 1.82) is 0 Å². The van der Waals surface area contributed by atoms with E-state index >= 15 is 0 Å². The molecule has 0 spiro atoms. The number of amides is 1. The van der Waals surface area contributed by atoms with Crippen LogP contribution in [0.1, 0.15) is 29.8 Å². The first kappa shape index (κ1) is 13.6. The molecule has 98 valence electrons. The number of hydrogen-bond acceptors (Lipinski definition) is 2. The Hall–Kier alpha value is -0.870. The second-order valence-corrected chi connectivity index (χ2v) is 6.14. The van der Waals surface area contributed by atoms with Crippen LogP contribution in [0.4, 0.5) is 0 Å². The van der Waals surface area contributed by atoms with Crippen molar-refractivity contribution >= 4 is 21.8 Å². The Kier molecular flexibility index (Phi) is 3.78. The molecule has 0 aromatic heterocycles. The molecule has 1 aliphatic heterocycles. The van der Waals surface area contributed by atoms with Crippen molar-refractivity contribution in [3.8, 4) is 0 Å². The number of hydrogen-bond donors (Lipinski definition) is 0. The number of halogens is 1. The van der Waals surface area contributed by atoms with Crippen molar-refractivity contribution in [3.63, 3.8) is 0 Å². The minimum atomic E-state index is -0.240. The summed E-state index contributed by atoms with van der Waals surface area (Å²) in [6, 6.07) is 5.72. The van der Waals surface area contributed by atoms with Crippen molar-refractivity contribution in [1.82, 2.24) is 4.90 Å². The summed E-state index contributed by atoms with van der Waals surface area (Å²) in [7, 11) is 0. The van der Waals surface area contributed by atoms with Crippen LogP contribution in [0.15, 0.2) is 22.7 Å². The van der Waals surface area contributed by atoms with E-state index in [1.54, 1.807) is 0 Å². The molecule has 0 aliphatic carbocycles. The molecule has 0 atom stereocenters. The van der Waals surface area contributed by atoms with Crippen molar-refractivity contribution in [2.24, 2.45) is 0 Å². The minimum Gasteiger partial charge on any atom is -0.377 e. The molecule has 18 heavy (non-hydrogen) atoms. The van der Waals surface area contributed by atoms with Crippen molar-refractivity contribution < 1.29 is 9.53 Å². The number of benzene rings is 1. The van der Waals surface area contributed by atoms with Crippen LogP contribution in [0.3, 0.4) is 0 Å². The maximum absolute atomic E-state index is 12.5. The van der Waals surface area contributed by atoms with E-state index in [1.807, 2.05) is 43.9 Å². The van der Waals surface area contributed by atoms with Crippen LogP contribution in [0, 0.1) is 6.92 Å². The van der Waals surface area contributed by atoms with E-state index in [-0.39, 0.29) is 11.4 Å². The van der Waals surface area contributed by atoms with Crippen LogP contribution in [0.5, 0.6) is 0 Å². The Labute approximate surface area is 116 Å².